The van der Waals surface area contributed by atoms with Crippen molar-refractivity contribution in [2.75, 3.05) is 16.8 Å². The summed E-state index contributed by atoms with van der Waals surface area (Å²) >= 11 is 1.02. The first-order valence-electron chi connectivity index (χ1n) is 6.51. The summed E-state index contributed by atoms with van der Waals surface area (Å²) in [5, 5.41) is 22.7. The second-order valence-corrected chi connectivity index (χ2v) is 5.54. The Hall–Kier alpha value is -2.55. The van der Waals surface area contributed by atoms with Gasteiger partial charge in [-0.15, -0.1) is 11.8 Å². The predicted octanol–water partition coefficient (Wildman–Crippen LogP) is 0.646. The molecule has 0 spiro atoms. The number of carboxylic acids is 2. The highest BCUT2D eigenvalue weighted by Gasteiger charge is 2.19. The van der Waals surface area contributed by atoms with Crippen LogP contribution in [0.1, 0.15) is 17.3 Å². The third kappa shape index (κ3) is 6.39. The Morgan fingerprint density at radius 3 is 2.39 bits per heavy atom. The highest BCUT2D eigenvalue weighted by atomic mass is 32.2. The van der Waals surface area contributed by atoms with Crippen LogP contribution in [0.15, 0.2) is 24.3 Å². The molecule has 2 amide bonds. The van der Waals surface area contributed by atoms with Crippen LogP contribution in [0.3, 0.4) is 0 Å². The van der Waals surface area contributed by atoms with E-state index in [1.165, 1.54) is 19.1 Å². The predicted molar refractivity (Wildman–Crippen MR) is 84.6 cm³/mol. The van der Waals surface area contributed by atoms with Crippen LogP contribution in [0.25, 0.3) is 0 Å². The average molecular weight is 340 g/mol. The number of carboxylic acid groups (broad SMARTS) is 2. The number of aliphatic carboxylic acids is 1. The molecule has 1 atom stereocenters. The lowest BCUT2D eigenvalue weighted by molar-refractivity contribution is -0.140. The third-order valence-corrected chi connectivity index (χ3v) is 3.66. The molecular formula is C14H16N2O6S. The van der Waals surface area contributed by atoms with Crippen LogP contribution in [0.2, 0.25) is 0 Å². The van der Waals surface area contributed by atoms with Crippen molar-refractivity contribution in [1.29, 1.82) is 0 Å². The Labute approximate surface area is 136 Å². The number of nitrogens with one attached hydrogen (secondary N) is 2. The van der Waals surface area contributed by atoms with Crippen molar-refractivity contribution in [2.24, 2.45) is 0 Å². The zero-order chi connectivity index (χ0) is 17.4. The Morgan fingerprint density at radius 1 is 1.17 bits per heavy atom. The molecule has 0 aromatic heterocycles. The first-order chi connectivity index (χ1) is 10.8. The Morgan fingerprint density at radius 2 is 1.83 bits per heavy atom. The summed E-state index contributed by atoms with van der Waals surface area (Å²) in [5.41, 5.74) is 0.134. The number of hydrogen-bond acceptors (Lipinski definition) is 5. The standard InChI is InChI=1S/C14H16N2O6S/c1-8(17)15-11(14(21)22)6-23-7-12(18)16-10-5-3-2-4-9(10)13(19)20/h2-5,11H,6-7H2,1H3,(H,15,17)(H,16,18)(H,19,20)(H,21,22). The molecule has 0 fully saturated rings. The molecule has 124 valence electrons. The second kappa shape index (κ2) is 8.79. The van der Waals surface area contributed by atoms with Gasteiger partial charge in [0, 0.05) is 12.7 Å². The van der Waals surface area contributed by atoms with E-state index in [-0.39, 0.29) is 22.8 Å². The van der Waals surface area contributed by atoms with E-state index in [9.17, 15) is 19.2 Å². The lowest BCUT2D eigenvalue weighted by Crippen LogP contribution is -2.41. The third-order valence-electron chi connectivity index (χ3n) is 2.62. The topological polar surface area (TPSA) is 133 Å². The maximum absolute atomic E-state index is 11.8. The molecule has 0 aliphatic rings. The summed E-state index contributed by atoms with van der Waals surface area (Å²) < 4.78 is 0. The van der Waals surface area contributed by atoms with Gasteiger partial charge < -0.3 is 20.8 Å². The lowest BCUT2D eigenvalue weighted by Gasteiger charge is -2.13. The normalized spacial score (nSPS) is 11.3. The minimum Gasteiger partial charge on any atom is -0.480 e. The smallest absolute Gasteiger partial charge is 0.337 e. The fourth-order valence-electron chi connectivity index (χ4n) is 1.65. The van der Waals surface area contributed by atoms with Crippen LogP contribution >= 0.6 is 11.8 Å². The number of aromatic carboxylic acids is 1. The number of hydrogen-bond donors (Lipinski definition) is 4. The number of benzene rings is 1. The minimum atomic E-state index is -1.19. The Kier molecular flexibility index (Phi) is 7.07. The van der Waals surface area contributed by atoms with E-state index in [4.69, 9.17) is 10.2 Å². The largest absolute Gasteiger partial charge is 0.480 e. The SMILES string of the molecule is CC(=O)NC(CSCC(=O)Nc1ccccc1C(=O)O)C(=O)O. The molecule has 9 heteroatoms. The first-order valence-corrected chi connectivity index (χ1v) is 7.66. The van der Waals surface area contributed by atoms with Crippen molar-refractivity contribution in [1.82, 2.24) is 5.32 Å². The van der Waals surface area contributed by atoms with E-state index in [1.807, 2.05) is 0 Å². The number of anilines is 1. The summed E-state index contributed by atoms with van der Waals surface area (Å²) in [7, 11) is 0. The Balaban J connectivity index is 2.53. The van der Waals surface area contributed by atoms with Crippen molar-refractivity contribution >= 4 is 41.2 Å². The lowest BCUT2D eigenvalue weighted by atomic mass is 10.2. The zero-order valence-corrected chi connectivity index (χ0v) is 13.1. The highest BCUT2D eigenvalue weighted by molar-refractivity contribution is 8.00. The van der Waals surface area contributed by atoms with Crippen LogP contribution in [0.4, 0.5) is 5.69 Å². The van der Waals surface area contributed by atoms with E-state index >= 15 is 0 Å². The van der Waals surface area contributed by atoms with Crippen LogP contribution in [0.5, 0.6) is 0 Å². The number of rotatable bonds is 8. The molecule has 0 bridgehead atoms. The maximum atomic E-state index is 11.8. The molecule has 8 nitrogen and oxygen atoms in total. The molecule has 1 aromatic carbocycles. The fourth-order valence-corrected chi connectivity index (χ4v) is 2.49. The quantitative estimate of drug-likeness (QED) is 0.546. The van der Waals surface area contributed by atoms with E-state index in [2.05, 4.69) is 10.6 Å². The average Bonchev–Trinajstić information content (AvgIpc) is 2.46. The van der Waals surface area contributed by atoms with Gasteiger partial charge >= 0.3 is 11.9 Å². The van der Waals surface area contributed by atoms with Gasteiger partial charge in [0.15, 0.2) is 0 Å². The van der Waals surface area contributed by atoms with Crippen LogP contribution in [-0.4, -0.2) is 51.5 Å². The van der Waals surface area contributed by atoms with Crippen LogP contribution < -0.4 is 10.6 Å². The van der Waals surface area contributed by atoms with Gasteiger partial charge in [-0.25, -0.2) is 9.59 Å². The molecule has 4 N–H and O–H groups in total. The summed E-state index contributed by atoms with van der Waals surface area (Å²) in [4.78, 5) is 44.6. The zero-order valence-electron chi connectivity index (χ0n) is 12.2. The number of amides is 2. The number of para-hydroxylation sites is 1. The van der Waals surface area contributed by atoms with Gasteiger partial charge in [0.05, 0.1) is 17.0 Å². The molecule has 0 heterocycles. The van der Waals surface area contributed by atoms with Crippen molar-refractivity contribution in [2.45, 2.75) is 13.0 Å². The number of carbonyl (C=O) groups is 4. The molecule has 1 rings (SSSR count). The maximum Gasteiger partial charge on any atom is 0.337 e. The molecule has 1 unspecified atom stereocenters. The number of thioether (sulfide) groups is 1. The van der Waals surface area contributed by atoms with E-state index < -0.39 is 29.8 Å². The summed E-state index contributed by atoms with van der Waals surface area (Å²) in [6, 6.07) is 4.87. The first kappa shape index (κ1) is 18.5. The van der Waals surface area contributed by atoms with Crippen molar-refractivity contribution in [3.63, 3.8) is 0 Å². The summed E-state index contributed by atoms with van der Waals surface area (Å²) in [5.74, 6) is -3.34. The van der Waals surface area contributed by atoms with Gasteiger partial charge in [-0.1, -0.05) is 12.1 Å². The van der Waals surface area contributed by atoms with Crippen LogP contribution in [-0.2, 0) is 14.4 Å². The number of carbonyl (C=O) groups excluding carboxylic acids is 2. The molecule has 0 radical (unpaired) electrons. The molecule has 0 aliphatic carbocycles. The summed E-state index contributed by atoms with van der Waals surface area (Å²) in [6.07, 6.45) is 0. The highest BCUT2D eigenvalue weighted by Crippen LogP contribution is 2.15. The van der Waals surface area contributed by atoms with Gasteiger partial charge in [-0.2, -0.15) is 0 Å². The minimum absolute atomic E-state index is 0.0168. The molecule has 0 saturated carbocycles. The van der Waals surface area contributed by atoms with Gasteiger partial charge in [0.25, 0.3) is 0 Å². The molecule has 0 aliphatic heterocycles. The summed E-state index contributed by atoms with van der Waals surface area (Å²) in [6.45, 7) is 1.20. The van der Waals surface area contributed by atoms with Gasteiger partial charge in [0.1, 0.15) is 6.04 Å². The molecule has 0 saturated heterocycles. The molecular weight excluding hydrogens is 324 g/mol. The van der Waals surface area contributed by atoms with Crippen LogP contribution in [0, 0.1) is 0 Å². The van der Waals surface area contributed by atoms with Gasteiger partial charge in [0.2, 0.25) is 11.8 Å². The second-order valence-electron chi connectivity index (χ2n) is 4.51. The van der Waals surface area contributed by atoms with E-state index in [0.717, 1.165) is 11.8 Å². The van der Waals surface area contributed by atoms with Gasteiger partial charge in [-0.05, 0) is 12.1 Å². The Bertz CT molecular complexity index is 619. The van der Waals surface area contributed by atoms with Crippen molar-refractivity contribution in [3.05, 3.63) is 29.8 Å². The molecule has 1 aromatic rings. The fraction of sp³-hybridized carbons (Fsp3) is 0.286. The monoisotopic (exact) mass is 340 g/mol. The molecule has 23 heavy (non-hydrogen) atoms. The van der Waals surface area contributed by atoms with Crippen molar-refractivity contribution < 1.29 is 29.4 Å². The van der Waals surface area contributed by atoms with Crippen molar-refractivity contribution in [3.8, 4) is 0 Å². The van der Waals surface area contributed by atoms with Gasteiger partial charge in [-0.3, -0.25) is 9.59 Å². The van der Waals surface area contributed by atoms with E-state index in [0.29, 0.717) is 0 Å². The van der Waals surface area contributed by atoms with E-state index in [1.54, 1.807) is 12.1 Å².